The molecule has 1 unspecified atom stereocenters. The van der Waals surface area contributed by atoms with Gasteiger partial charge in [0.2, 0.25) is 0 Å². The molecule has 0 bridgehead atoms. The van der Waals surface area contributed by atoms with E-state index < -0.39 is 5.97 Å². The second-order valence-electron chi connectivity index (χ2n) is 3.87. The highest BCUT2D eigenvalue weighted by atomic mass is 35.5. The van der Waals surface area contributed by atoms with E-state index >= 15 is 0 Å². The lowest BCUT2D eigenvalue weighted by Crippen LogP contribution is -1.98. The maximum atomic E-state index is 10.4. The van der Waals surface area contributed by atoms with Crippen molar-refractivity contribution in [1.29, 1.82) is 0 Å². The Morgan fingerprint density at radius 3 is 3.12 bits per heavy atom. The lowest BCUT2D eigenvalue weighted by molar-refractivity contribution is -0.137. The van der Waals surface area contributed by atoms with Gasteiger partial charge in [-0.15, -0.1) is 11.6 Å². The number of hydrogen-bond donors (Lipinski definition) is 1. The molecular weight excluding hydrogens is 228 g/mol. The lowest BCUT2D eigenvalue weighted by Gasteiger charge is -2.09. The van der Waals surface area contributed by atoms with Crippen LogP contribution in [0.15, 0.2) is 18.2 Å². The molecule has 3 nitrogen and oxygen atoms in total. The van der Waals surface area contributed by atoms with Crippen LogP contribution in [0.2, 0.25) is 0 Å². The highest BCUT2D eigenvalue weighted by Gasteiger charge is 2.16. The van der Waals surface area contributed by atoms with Gasteiger partial charge >= 0.3 is 5.97 Å². The quantitative estimate of drug-likeness (QED) is 0.824. The van der Waals surface area contributed by atoms with Crippen molar-refractivity contribution in [2.75, 3.05) is 6.61 Å². The van der Waals surface area contributed by atoms with E-state index in [-0.39, 0.29) is 11.8 Å². The number of alkyl halides is 1. The van der Waals surface area contributed by atoms with Crippen molar-refractivity contribution in [1.82, 2.24) is 0 Å². The molecule has 1 aromatic rings. The molecule has 86 valence electrons. The maximum Gasteiger partial charge on any atom is 0.303 e. The number of carboxylic acids is 1. The molecule has 16 heavy (non-hydrogen) atoms. The Labute approximate surface area is 99.0 Å². The standard InChI is InChI=1S/C12H13ClO3/c13-10(2-4-12(14)15)8-1-3-11-9(7-8)5-6-16-11/h1,3,7,10H,2,4-6H2,(H,14,15). The number of hydrogen-bond acceptors (Lipinski definition) is 2. The summed E-state index contributed by atoms with van der Waals surface area (Å²) in [6, 6.07) is 5.83. The molecule has 1 heterocycles. The van der Waals surface area contributed by atoms with Gasteiger partial charge in [0.15, 0.2) is 0 Å². The van der Waals surface area contributed by atoms with E-state index in [1.54, 1.807) is 0 Å². The number of halogens is 1. The Hall–Kier alpha value is -1.22. The zero-order chi connectivity index (χ0) is 11.5. The van der Waals surface area contributed by atoms with Crippen molar-refractivity contribution in [2.24, 2.45) is 0 Å². The van der Waals surface area contributed by atoms with Gasteiger partial charge < -0.3 is 9.84 Å². The largest absolute Gasteiger partial charge is 0.493 e. The average molecular weight is 241 g/mol. The van der Waals surface area contributed by atoms with Crippen molar-refractivity contribution in [3.05, 3.63) is 29.3 Å². The molecule has 2 rings (SSSR count). The fourth-order valence-electron chi connectivity index (χ4n) is 1.82. The first-order valence-electron chi connectivity index (χ1n) is 5.28. The smallest absolute Gasteiger partial charge is 0.303 e. The summed E-state index contributed by atoms with van der Waals surface area (Å²) in [4.78, 5) is 10.4. The third kappa shape index (κ3) is 2.47. The summed E-state index contributed by atoms with van der Waals surface area (Å²) in [6.07, 6.45) is 1.46. The van der Waals surface area contributed by atoms with Gasteiger partial charge in [0, 0.05) is 12.8 Å². The van der Waals surface area contributed by atoms with Crippen LogP contribution in [0, 0.1) is 0 Å². The molecule has 4 heteroatoms. The van der Waals surface area contributed by atoms with Crippen LogP contribution >= 0.6 is 11.6 Å². The Morgan fingerprint density at radius 1 is 1.56 bits per heavy atom. The molecule has 0 fully saturated rings. The van der Waals surface area contributed by atoms with E-state index in [0.717, 1.165) is 24.3 Å². The SMILES string of the molecule is O=C(O)CCC(Cl)c1ccc2c(c1)CCO2. The molecule has 1 aromatic carbocycles. The average Bonchev–Trinajstić information content (AvgIpc) is 2.72. The first kappa shape index (κ1) is 11.3. The molecule has 0 saturated heterocycles. The van der Waals surface area contributed by atoms with Crippen molar-refractivity contribution in [3.63, 3.8) is 0 Å². The highest BCUT2D eigenvalue weighted by molar-refractivity contribution is 6.20. The summed E-state index contributed by atoms with van der Waals surface area (Å²) < 4.78 is 5.39. The summed E-state index contributed by atoms with van der Waals surface area (Å²) in [5, 5.41) is 8.35. The van der Waals surface area contributed by atoms with Gasteiger partial charge in [-0.2, -0.15) is 0 Å². The molecule has 0 aromatic heterocycles. The molecule has 0 radical (unpaired) electrons. The van der Waals surface area contributed by atoms with Crippen LogP contribution in [0.25, 0.3) is 0 Å². The van der Waals surface area contributed by atoms with Crippen molar-refractivity contribution in [3.8, 4) is 5.75 Å². The van der Waals surface area contributed by atoms with E-state index in [0.29, 0.717) is 6.42 Å². The Bertz CT molecular complexity index is 403. The minimum absolute atomic E-state index is 0.0990. The zero-order valence-corrected chi connectivity index (χ0v) is 9.54. The fraction of sp³-hybridized carbons (Fsp3) is 0.417. The molecule has 1 aliphatic rings. The highest BCUT2D eigenvalue weighted by Crippen LogP contribution is 2.32. The monoisotopic (exact) mass is 240 g/mol. The first-order chi connectivity index (χ1) is 7.66. The lowest BCUT2D eigenvalue weighted by atomic mass is 10.0. The summed E-state index contributed by atoms with van der Waals surface area (Å²) in [5.74, 6) is 0.112. The summed E-state index contributed by atoms with van der Waals surface area (Å²) in [5.41, 5.74) is 2.14. The third-order valence-corrected chi connectivity index (χ3v) is 3.16. The van der Waals surface area contributed by atoms with E-state index in [9.17, 15) is 4.79 Å². The summed E-state index contributed by atoms with van der Waals surface area (Å²) >= 11 is 6.15. The minimum Gasteiger partial charge on any atom is -0.493 e. The molecule has 0 saturated carbocycles. The second kappa shape index (κ2) is 4.74. The number of aliphatic carboxylic acids is 1. The van der Waals surface area contributed by atoms with E-state index in [1.807, 2.05) is 18.2 Å². The number of fused-ring (bicyclic) bond motifs is 1. The summed E-state index contributed by atoms with van der Waals surface area (Å²) in [7, 11) is 0. The van der Waals surface area contributed by atoms with Gasteiger partial charge in [0.1, 0.15) is 5.75 Å². The van der Waals surface area contributed by atoms with Gasteiger partial charge in [-0.3, -0.25) is 4.79 Å². The van der Waals surface area contributed by atoms with Crippen molar-refractivity contribution >= 4 is 17.6 Å². The van der Waals surface area contributed by atoms with Crippen LogP contribution in [0.1, 0.15) is 29.3 Å². The molecule has 0 spiro atoms. The molecule has 0 aliphatic carbocycles. The van der Waals surface area contributed by atoms with Crippen molar-refractivity contribution < 1.29 is 14.6 Å². The Balaban J connectivity index is 2.06. The second-order valence-corrected chi connectivity index (χ2v) is 4.39. The molecule has 1 N–H and O–H groups in total. The Morgan fingerprint density at radius 2 is 2.38 bits per heavy atom. The van der Waals surface area contributed by atoms with Crippen LogP contribution in [-0.2, 0) is 11.2 Å². The molecule has 1 atom stereocenters. The topological polar surface area (TPSA) is 46.5 Å². The van der Waals surface area contributed by atoms with Crippen LogP contribution in [0.5, 0.6) is 5.75 Å². The van der Waals surface area contributed by atoms with E-state index in [4.69, 9.17) is 21.4 Å². The fourth-order valence-corrected chi connectivity index (χ4v) is 2.06. The predicted octanol–water partition coefficient (Wildman–Crippen LogP) is 2.77. The van der Waals surface area contributed by atoms with E-state index in [2.05, 4.69) is 0 Å². The van der Waals surface area contributed by atoms with Crippen LogP contribution < -0.4 is 4.74 Å². The summed E-state index contributed by atoms with van der Waals surface area (Å²) in [6.45, 7) is 0.723. The van der Waals surface area contributed by atoms with Crippen LogP contribution in [0.3, 0.4) is 0 Å². The number of benzene rings is 1. The Kier molecular flexibility index (Phi) is 3.34. The minimum atomic E-state index is -0.810. The van der Waals surface area contributed by atoms with Crippen LogP contribution in [0.4, 0.5) is 0 Å². The van der Waals surface area contributed by atoms with E-state index in [1.165, 1.54) is 5.56 Å². The molecular formula is C12H13ClO3. The number of ether oxygens (including phenoxy) is 1. The van der Waals surface area contributed by atoms with Gasteiger partial charge in [0.25, 0.3) is 0 Å². The van der Waals surface area contributed by atoms with Gasteiger partial charge in [-0.25, -0.2) is 0 Å². The van der Waals surface area contributed by atoms with Gasteiger partial charge in [0.05, 0.1) is 12.0 Å². The van der Waals surface area contributed by atoms with Gasteiger partial charge in [-0.1, -0.05) is 12.1 Å². The molecule has 0 amide bonds. The zero-order valence-electron chi connectivity index (χ0n) is 8.78. The number of carbonyl (C=O) groups is 1. The van der Waals surface area contributed by atoms with Gasteiger partial charge in [-0.05, 0) is 23.6 Å². The maximum absolute atomic E-state index is 10.4. The predicted molar refractivity (Wildman–Crippen MR) is 61.1 cm³/mol. The van der Waals surface area contributed by atoms with Crippen LogP contribution in [-0.4, -0.2) is 17.7 Å². The molecule has 1 aliphatic heterocycles. The van der Waals surface area contributed by atoms with Crippen molar-refractivity contribution in [2.45, 2.75) is 24.6 Å². The third-order valence-electron chi connectivity index (χ3n) is 2.69. The normalized spacial score (nSPS) is 15.3. The first-order valence-corrected chi connectivity index (χ1v) is 5.72. The number of carboxylic acid groups (broad SMARTS) is 1. The number of rotatable bonds is 4.